The van der Waals surface area contributed by atoms with Crippen LogP contribution in [-0.2, 0) is 16.1 Å². The van der Waals surface area contributed by atoms with Gasteiger partial charge in [0.15, 0.2) is 0 Å². The summed E-state index contributed by atoms with van der Waals surface area (Å²) in [5, 5.41) is 0. The van der Waals surface area contributed by atoms with Gasteiger partial charge in [0.1, 0.15) is 18.0 Å². The van der Waals surface area contributed by atoms with Crippen molar-refractivity contribution in [3.8, 4) is 0 Å². The lowest BCUT2D eigenvalue weighted by Crippen LogP contribution is -2.24. The second-order valence-corrected chi connectivity index (χ2v) is 4.30. The minimum absolute atomic E-state index is 0.0641. The maximum atomic E-state index is 11.2. The Bertz CT molecular complexity index is 372. The Morgan fingerprint density at radius 3 is 2.75 bits per heavy atom. The Hall–Kier alpha value is -1.78. The van der Waals surface area contributed by atoms with Gasteiger partial charge in [-0.2, -0.15) is 0 Å². The molecule has 0 amide bonds. The molecule has 5 nitrogen and oxygen atoms in total. The molecule has 88 valence electrons. The largest absolute Gasteiger partial charge is 0.509 e. The summed E-state index contributed by atoms with van der Waals surface area (Å²) in [5.41, 5.74) is 5.69. The minimum Gasteiger partial charge on any atom is -0.429 e. The van der Waals surface area contributed by atoms with Crippen molar-refractivity contribution < 1.29 is 14.3 Å². The summed E-state index contributed by atoms with van der Waals surface area (Å²) >= 11 is 0. The molecule has 5 heteroatoms. The van der Waals surface area contributed by atoms with E-state index in [1.165, 1.54) is 0 Å². The standard InChI is InChI=1S/C11H16N2O3/c1-11(2,3)16-10(14)15-7-8-5-4-6-13-9(8)12/h4-6H,7H2,1-3H3,(H2,12,13). The summed E-state index contributed by atoms with van der Waals surface area (Å²) in [6, 6.07) is 3.47. The Balaban J connectivity index is 2.47. The van der Waals surface area contributed by atoms with Crippen molar-refractivity contribution in [3.63, 3.8) is 0 Å². The maximum Gasteiger partial charge on any atom is 0.509 e. The molecule has 0 aliphatic heterocycles. The maximum absolute atomic E-state index is 11.2. The Labute approximate surface area is 94.6 Å². The summed E-state index contributed by atoms with van der Waals surface area (Å²) in [5.74, 6) is 0.353. The van der Waals surface area contributed by atoms with Gasteiger partial charge in [0.25, 0.3) is 0 Å². The van der Waals surface area contributed by atoms with Crippen LogP contribution in [0.5, 0.6) is 0 Å². The lowest BCUT2D eigenvalue weighted by atomic mass is 10.2. The van der Waals surface area contributed by atoms with Gasteiger partial charge in [-0.25, -0.2) is 9.78 Å². The molecule has 0 unspecified atom stereocenters. The first-order chi connectivity index (χ1) is 7.38. The summed E-state index contributed by atoms with van der Waals surface area (Å²) in [7, 11) is 0. The van der Waals surface area contributed by atoms with Crippen molar-refractivity contribution in [2.24, 2.45) is 0 Å². The number of rotatable bonds is 2. The Morgan fingerprint density at radius 2 is 2.19 bits per heavy atom. The molecule has 1 heterocycles. The van der Waals surface area contributed by atoms with E-state index >= 15 is 0 Å². The molecule has 0 atom stereocenters. The number of nitrogen functional groups attached to an aromatic ring is 1. The molecule has 1 aromatic rings. The zero-order chi connectivity index (χ0) is 12.2. The van der Waals surface area contributed by atoms with Crippen LogP contribution in [0.4, 0.5) is 10.6 Å². The van der Waals surface area contributed by atoms with E-state index in [1.54, 1.807) is 39.1 Å². The number of aromatic nitrogens is 1. The van der Waals surface area contributed by atoms with Gasteiger partial charge in [-0.3, -0.25) is 0 Å². The van der Waals surface area contributed by atoms with Crippen molar-refractivity contribution >= 4 is 12.0 Å². The SMILES string of the molecule is CC(C)(C)OC(=O)OCc1cccnc1N. The number of carbonyl (C=O) groups is 1. The van der Waals surface area contributed by atoms with E-state index < -0.39 is 11.8 Å². The van der Waals surface area contributed by atoms with Crippen LogP contribution in [0.3, 0.4) is 0 Å². The van der Waals surface area contributed by atoms with E-state index in [0.29, 0.717) is 11.4 Å². The van der Waals surface area contributed by atoms with Crippen molar-refractivity contribution in [1.29, 1.82) is 0 Å². The van der Waals surface area contributed by atoms with Crippen LogP contribution >= 0.6 is 0 Å². The summed E-state index contributed by atoms with van der Waals surface area (Å²) < 4.78 is 9.88. The third kappa shape index (κ3) is 4.16. The molecule has 0 aliphatic rings. The second-order valence-electron chi connectivity index (χ2n) is 4.30. The fraction of sp³-hybridized carbons (Fsp3) is 0.455. The van der Waals surface area contributed by atoms with E-state index in [1.807, 2.05) is 0 Å². The van der Waals surface area contributed by atoms with Crippen molar-refractivity contribution in [2.75, 3.05) is 5.73 Å². The molecule has 1 rings (SSSR count). The van der Waals surface area contributed by atoms with Crippen LogP contribution in [0.1, 0.15) is 26.3 Å². The van der Waals surface area contributed by atoms with E-state index in [4.69, 9.17) is 15.2 Å². The van der Waals surface area contributed by atoms with Crippen LogP contribution < -0.4 is 5.73 Å². The quantitative estimate of drug-likeness (QED) is 0.779. The zero-order valence-corrected chi connectivity index (χ0v) is 9.69. The number of ether oxygens (including phenoxy) is 2. The molecule has 0 bridgehead atoms. The number of hydrogen-bond donors (Lipinski definition) is 1. The number of anilines is 1. The van der Waals surface area contributed by atoms with Gasteiger partial charge in [-0.15, -0.1) is 0 Å². The van der Waals surface area contributed by atoms with E-state index in [-0.39, 0.29) is 6.61 Å². The van der Waals surface area contributed by atoms with Gasteiger partial charge >= 0.3 is 6.16 Å². The van der Waals surface area contributed by atoms with Crippen LogP contribution in [-0.4, -0.2) is 16.7 Å². The predicted octanol–water partition coefficient (Wildman–Crippen LogP) is 2.12. The van der Waals surface area contributed by atoms with Gasteiger partial charge in [0, 0.05) is 11.8 Å². The normalized spacial score (nSPS) is 10.9. The number of nitrogens with zero attached hydrogens (tertiary/aromatic N) is 1. The first kappa shape index (κ1) is 12.3. The van der Waals surface area contributed by atoms with Gasteiger partial charge in [-0.1, -0.05) is 6.07 Å². The third-order valence-corrected chi connectivity index (χ3v) is 1.66. The van der Waals surface area contributed by atoms with Gasteiger partial charge in [0.2, 0.25) is 0 Å². The average molecular weight is 224 g/mol. The van der Waals surface area contributed by atoms with Crippen molar-refractivity contribution in [2.45, 2.75) is 33.0 Å². The molecular formula is C11H16N2O3. The van der Waals surface area contributed by atoms with Gasteiger partial charge < -0.3 is 15.2 Å². The molecule has 0 fully saturated rings. The topological polar surface area (TPSA) is 74.4 Å². The molecule has 0 aromatic carbocycles. The van der Waals surface area contributed by atoms with E-state index in [9.17, 15) is 4.79 Å². The number of nitrogens with two attached hydrogens (primary N) is 1. The number of hydrogen-bond acceptors (Lipinski definition) is 5. The fourth-order valence-electron chi connectivity index (χ4n) is 0.989. The highest BCUT2D eigenvalue weighted by Crippen LogP contribution is 2.12. The molecular weight excluding hydrogens is 208 g/mol. The molecule has 16 heavy (non-hydrogen) atoms. The average Bonchev–Trinajstić information content (AvgIpc) is 2.14. The summed E-state index contributed by atoms with van der Waals surface area (Å²) in [4.78, 5) is 15.1. The Kier molecular flexibility index (Phi) is 3.71. The predicted molar refractivity (Wildman–Crippen MR) is 59.7 cm³/mol. The number of pyridine rings is 1. The molecule has 0 spiro atoms. The molecule has 0 saturated heterocycles. The molecule has 0 saturated carbocycles. The first-order valence-electron chi connectivity index (χ1n) is 4.93. The van der Waals surface area contributed by atoms with E-state index in [2.05, 4.69) is 4.98 Å². The second kappa shape index (κ2) is 4.83. The van der Waals surface area contributed by atoms with Crippen molar-refractivity contribution in [1.82, 2.24) is 4.98 Å². The minimum atomic E-state index is -0.712. The van der Waals surface area contributed by atoms with Crippen molar-refractivity contribution in [3.05, 3.63) is 23.9 Å². The van der Waals surface area contributed by atoms with Crippen LogP contribution in [0.15, 0.2) is 18.3 Å². The highest BCUT2D eigenvalue weighted by Gasteiger charge is 2.17. The molecule has 0 aliphatic carbocycles. The van der Waals surface area contributed by atoms with Gasteiger partial charge in [-0.05, 0) is 26.8 Å². The van der Waals surface area contributed by atoms with E-state index in [0.717, 1.165) is 0 Å². The fourth-order valence-corrected chi connectivity index (χ4v) is 0.989. The van der Waals surface area contributed by atoms with Crippen LogP contribution in [0.2, 0.25) is 0 Å². The molecule has 1 aromatic heterocycles. The van der Waals surface area contributed by atoms with Gasteiger partial charge in [0.05, 0.1) is 0 Å². The highest BCUT2D eigenvalue weighted by atomic mass is 16.7. The first-order valence-corrected chi connectivity index (χ1v) is 4.93. The lowest BCUT2D eigenvalue weighted by molar-refractivity contribution is -0.0107. The Morgan fingerprint density at radius 1 is 1.50 bits per heavy atom. The monoisotopic (exact) mass is 224 g/mol. The lowest BCUT2D eigenvalue weighted by Gasteiger charge is -2.18. The van der Waals surface area contributed by atoms with Crippen LogP contribution in [0.25, 0.3) is 0 Å². The third-order valence-electron chi connectivity index (χ3n) is 1.66. The smallest absolute Gasteiger partial charge is 0.429 e. The number of carbonyl (C=O) groups excluding carboxylic acids is 1. The summed E-state index contributed by atoms with van der Waals surface area (Å²) in [6.45, 7) is 5.38. The summed E-state index contributed by atoms with van der Waals surface area (Å²) in [6.07, 6.45) is 0.863. The molecule has 0 radical (unpaired) electrons. The highest BCUT2D eigenvalue weighted by molar-refractivity contribution is 5.60. The van der Waals surface area contributed by atoms with Crippen LogP contribution in [0, 0.1) is 0 Å². The molecule has 2 N–H and O–H groups in total. The zero-order valence-electron chi connectivity index (χ0n) is 9.69.